The van der Waals surface area contributed by atoms with Gasteiger partial charge in [-0.25, -0.2) is 4.52 Å². The molecule has 0 radical (unpaired) electrons. The number of nitrogens with zero attached hydrogens (tertiary/aromatic N) is 4. The van der Waals surface area contributed by atoms with Crippen LogP contribution in [0.15, 0.2) is 48.0 Å². The Kier molecular flexibility index (Phi) is 3.06. The van der Waals surface area contributed by atoms with Gasteiger partial charge in [-0.1, -0.05) is 23.4 Å². The lowest BCUT2D eigenvalue weighted by Crippen LogP contribution is -2.43. The standard InChI is InChI=1S/C18H16N4OS/c23-18(17-15-4-1-2-8-21(15)20-19-17)22-13-6-7-14(22)11-12(10-13)16-5-3-9-24-16/h1-5,8-10,13-14H,6-7,11H2. The summed E-state index contributed by atoms with van der Waals surface area (Å²) < 4.78 is 1.66. The van der Waals surface area contributed by atoms with E-state index in [0.717, 1.165) is 24.8 Å². The third-order valence-electron chi connectivity index (χ3n) is 4.99. The Balaban J connectivity index is 1.51. The van der Waals surface area contributed by atoms with E-state index < -0.39 is 0 Å². The Morgan fingerprint density at radius 3 is 3.00 bits per heavy atom. The monoisotopic (exact) mass is 336 g/mol. The molecule has 5 nitrogen and oxygen atoms in total. The highest BCUT2D eigenvalue weighted by atomic mass is 32.1. The number of hydrogen-bond donors (Lipinski definition) is 0. The number of rotatable bonds is 2. The van der Waals surface area contributed by atoms with E-state index in [9.17, 15) is 4.79 Å². The summed E-state index contributed by atoms with van der Waals surface area (Å²) in [4.78, 5) is 16.5. The molecule has 1 saturated heterocycles. The van der Waals surface area contributed by atoms with Crippen LogP contribution >= 0.6 is 11.3 Å². The fourth-order valence-corrected chi connectivity index (χ4v) is 4.67. The minimum absolute atomic E-state index is 0.00480. The normalized spacial score (nSPS) is 22.8. The van der Waals surface area contributed by atoms with Gasteiger partial charge in [0.1, 0.15) is 0 Å². The molecule has 2 bridgehead atoms. The molecule has 0 spiro atoms. The van der Waals surface area contributed by atoms with E-state index in [1.165, 1.54) is 10.5 Å². The van der Waals surface area contributed by atoms with Gasteiger partial charge < -0.3 is 4.90 Å². The third-order valence-corrected chi connectivity index (χ3v) is 5.94. The van der Waals surface area contributed by atoms with Gasteiger partial charge in [0, 0.05) is 17.1 Å². The van der Waals surface area contributed by atoms with Crippen LogP contribution in [-0.4, -0.2) is 37.7 Å². The maximum absolute atomic E-state index is 13.1. The van der Waals surface area contributed by atoms with Crippen LogP contribution in [-0.2, 0) is 0 Å². The molecule has 0 N–H and O–H groups in total. The number of carbonyl (C=O) groups excluding carboxylic acids is 1. The quantitative estimate of drug-likeness (QED) is 0.722. The fraction of sp³-hybridized carbons (Fsp3) is 0.278. The minimum Gasteiger partial charge on any atom is -0.327 e. The van der Waals surface area contributed by atoms with Gasteiger partial charge in [0.25, 0.3) is 5.91 Å². The summed E-state index contributed by atoms with van der Waals surface area (Å²) in [7, 11) is 0. The number of carbonyl (C=O) groups is 1. The van der Waals surface area contributed by atoms with Crippen molar-refractivity contribution in [3.05, 3.63) is 58.6 Å². The Labute approximate surface area is 143 Å². The van der Waals surface area contributed by atoms with E-state index in [-0.39, 0.29) is 18.0 Å². The van der Waals surface area contributed by atoms with Crippen LogP contribution in [0.3, 0.4) is 0 Å². The van der Waals surface area contributed by atoms with Crippen molar-refractivity contribution < 1.29 is 4.79 Å². The van der Waals surface area contributed by atoms with E-state index in [4.69, 9.17) is 0 Å². The van der Waals surface area contributed by atoms with Crippen molar-refractivity contribution in [2.24, 2.45) is 0 Å². The maximum atomic E-state index is 13.1. The first-order valence-electron chi connectivity index (χ1n) is 8.18. The summed E-state index contributed by atoms with van der Waals surface area (Å²) in [5, 5.41) is 10.3. The Bertz CT molecular complexity index is 943. The molecular formula is C18H16N4OS. The summed E-state index contributed by atoms with van der Waals surface area (Å²) in [5.74, 6) is 0.00480. The summed E-state index contributed by atoms with van der Waals surface area (Å²) in [6.07, 6.45) is 7.12. The zero-order chi connectivity index (χ0) is 16.1. The SMILES string of the molecule is O=C(c1nnn2ccccc12)N1C2C=C(c3cccs3)CC1CC2. The largest absolute Gasteiger partial charge is 0.327 e. The number of aromatic nitrogens is 3. The zero-order valence-corrected chi connectivity index (χ0v) is 13.8. The van der Waals surface area contributed by atoms with Gasteiger partial charge in [0.05, 0.1) is 11.6 Å². The lowest BCUT2D eigenvalue weighted by molar-refractivity contribution is 0.0688. The molecule has 2 aliphatic rings. The first-order chi connectivity index (χ1) is 11.8. The number of fused-ring (bicyclic) bond motifs is 3. The number of hydrogen-bond acceptors (Lipinski definition) is 4. The highest BCUT2D eigenvalue weighted by Crippen LogP contribution is 2.40. The maximum Gasteiger partial charge on any atom is 0.277 e. The first kappa shape index (κ1) is 13.9. The van der Waals surface area contributed by atoms with Crippen LogP contribution in [0.25, 0.3) is 11.1 Å². The second-order valence-corrected chi connectivity index (χ2v) is 7.30. The van der Waals surface area contributed by atoms with E-state index in [1.807, 2.05) is 29.3 Å². The Hall–Kier alpha value is -2.47. The van der Waals surface area contributed by atoms with Crippen molar-refractivity contribution in [3.63, 3.8) is 0 Å². The Morgan fingerprint density at radius 1 is 1.21 bits per heavy atom. The van der Waals surface area contributed by atoms with Gasteiger partial charge in [0.15, 0.2) is 5.69 Å². The van der Waals surface area contributed by atoms with Gasteiger partial charge in [-0.2, -0.15) is 0 Å². The summed E-state index contributed by atoms with van der Waals surface area (Å²) in [6.45, 7) is 0. The minimum atomic E-state index is 0.00480. The average Bonchev–Trinajstić information content (AvgIpc) is 3.32. The van der Waals surface area contributed by atoms with Crippen molar-refractivity contribution >= 4 is 28.3 Å². The average molecular weight is 336 g/mol. The second kappa shape index (κ2) is 5.27. The van der Waals surface area contributed by atoms with Gasteiger partial charge in [-0.3, -0.25) is 4.79 Å². The van der Waals surface area contributed by atoms with E-state index in [1.54, 1.807) is 15.9 Å². The molecule has 5 heterocycles. The van der Waals surface area contributed by atoms with Crippen molar-refractivity contribution in [2.75, 3.05) is 0 Å². The molecule has 1 amide bonds. The van der Waals surface area contributed by atoms with Crippen molar-refractivity contribution in [1.29, 1.82) is 0 Å². The molecule has 2 atom stereocenters. The molecule has 0 aromatic carbocycles. The predicted molar refractivity (Wildman–Crippen MR) is 92.9 cm³/mol. The van der Waals surface area contributed by atoms with Crippen LogP contribution in [0.5, 0.6) is 0 Å². The smallest absolute Gasteiger partial charge is 0.277 e. The van der Waals surface area contributed by atoms with Crippen molar-refractivity contribution in [1.82, 2.24) is 19.7 Å². The van der Waals surface area contributed by atoms with Crippen LogP contribution < -0.4 is 0 Å². The number of pyridine rings is 1. The van der Waals surface area contributed by atoms with Crippen LogP contribution in [0.4, 0.5) is 0 Å². The third kappa shape index (κ3) is 2.03. The topological polar surface area (TPSA) is 50.5 Å². The highest BCUT2D eigenvalue weighted by Gasteiger charge is 2.41. The van der Waals surface area contributed by atoms with Crippen LogP contribution in [0.1, 0.15) is 34.6 Å². The molecule has 2 unspecified atom stereocenters. The molecule has 6 heteroatoms. The molecule has 2 aliphatic heterocycles. The molecule has 24 heavy (non-hydrogen) atoms. The van der Waals surface area contributed by atoms with Gasteiger partial charge in [-0.05, 0) is 48.4 Å². The van der Waals surface area contributed by atoms with E-state index in [2.05, 4.69) is 33.9 Å². The summed E-state index contributed by atoms with van der Waals surface area (Å²) >= 11 is 1.77. The van der Waals surface area contributed by atoms with Gasteiger partial charge in [-0.15, -0.1) is 16.4 Å². The van der Waals surface area contributed by atoms with Crippen molar-refractivity contribution in [3.8, 4) is 0 Å². The molecule has 3 aromatic heterocycles. The molecule has 5 rings (SSSR count). The molecule has 3 aromatic rings. The van der Waals surface area contributed by atoms with Gasteiger partial charge in [0.2, 0.25) is 0 Å². The second-order valence-electron chi connectivity index (χ2n) is 6.35. The van der Waals surface area contributed by atoms with Gasteiger partial charge >= 0.3 is 0 Å². The van der Waals surface area contributed by atoms with E-state index >= 15 is 0 Å². The predicted octanol–water partition coefficient (Wildman–Crippen LogP) is 3.25. The summed E-state index contributed by atoms with van der Waals surface area (Å²) in [5.41, 5.74) is 2.62. The highest BCUT2D eigenvalue weighted by molar-refractivity contribution is 7.11. The lowest BCUT2D eigenvalue weighted by Gasteiger charge is -2.33. The molecule has 0 aliphatic carbocycles. The van der Waals surface area contributed by atoms with Crippen LogP contribution in [0.2, 0.25) is 0 Å². The lowest BCUT2D eigenvalue weighted by atomic mass is 9.99. The first-order valence-corrected chi connectivity index (χ1v) is 9.06. The molecule has 0 saturated carbocycles. The molecular weight excluding hydrogens is 320 g/mol. The fourth-order valence-electron chi connectivity index (χ4n) is 3.91. The van der Waals surface area contributed by atoms with E-state index in [0.29, 0.717) is 5.69 Å². The van der Waals surface area contributed by atoms with Crippen LogP contribution in [0, 0.1) is 0 Å². The van der Waals surface area contributed by atoms with Crippen molar-refractivity contribution in [2.45, 2.75) is 31.3 Å². The molecule has 120 valence electrons. The number of amides is 1. The molecule has 1 fully saturated rings. The zero-order valence-electron chi connectivity index (χ0n) is 13.0. The Morgan fingerprint density at radius 2 is 2.17 bits per heavy atom. The summed E-state index contributed by atoms with van der Waals surface area (Å²) in [6, 6.07) is 10.4. The number of thiophene rings is 1.